The van der Waals surface area contributed by atoms with E-state index < -0.39 is 17.6 Å². The number of carbonyl (C=O) groups excluding carboxylic acids is 1. The number of nitrogens with two attached hydrogens (primary N) is 1. The molecule has 3 aromatic rings. The van der Waals surface area contributed by atoms with E-state index in [1.54, 1.807) is 24.4 Å². The third kappa shape index (κ3) is 4.67. The van der Waals surface area contributed by atoms with E-state index in [0.717, 1.165) is 12.8 Å². The van der Waals surface area contributed by atoms with E-state index in [1.165, 1.54) is 6.07 Å². The predicted octanol–water partition coefficient (Wildman–Crippen LogP) is 4.60. The first-order valence-electron chi connectivity index (χ1n) is 11.7. The fourth-order valence-electron chi connectivity index (χ4n) is 4.69. The molecule has 1 aromatic carbocycles. The fraction of sp³-hybridized carbons (Fsp3) is 0.480. The molecule has 1 saturated heterocycles. The van der Waals surface area contributed by atoms with Crippen molar-refractivity contribution in [2.45, 2.75) is 58.7 Å². The third-order valence-corrected chi connectivity index (χ3v) is 6.68. The number of nitrogens with zero attached hydrogens (tertiary/aromatic N) is 4. The van der Waals surface area contributed by atoms with Crippen LogP contribution in [0.15, 0.2) is 18.5 Å². The quantitative estimate of drug-likeness (QED) is 0.528. The molecule has 1 aliphatic rings. The van der Waals surface area contributed by atoms with Gasteiger partial charge in [0.2, 0.25) is 0 Å². The summed E-state index contributed by atoms with van der Waals surface area (Å²) in [5.41, 5.74) is 7.91. The van der Waals surface area contributed by atoms with E-state index in [1.807, 2.05) is 32.1 Å². The number of aromatic nitrogens is 3. The van der Waals surface area contributed by atoms with Gasteiger partial charge in [-0.1, -0.05) is 18.5 Å². The number of carbonyl (C=O) groups is 1. The Morgan fingerprint density at radius 1 is 1.34 bits per heavy atom. The summed E-state index contributed by atoms with van der Waals surface area (Å²) >= 11 is 6.36. The van der Waals surface area contributed by atoms with Crippen molar-refractivity contribution in [1.82, 2.24) is 19.3 Å². The number of anilines is 1. The summed E-state index contributed by atoms with van der Waals surface area (Å²) in [5.74, 6) is -0.465. The van der Waals surface area contributed by atoms with Crippen LogP contribution < -0.4 is 10.5 Å². The number of hydrogen-bond donors (Lipinski definition) is 1. The van der Waals surface area contributed by atoms with Crippen LogP contribution in [-0.4, -0.2) is 57.6 Å². The van der Waals surface area contributed by atoms with Crippen molar-refractivity contribution in [3.05, 3.63) is 51.9 Å². The van der Waals surface area contributed by atoms with Crippen molar-refractivity contribution >= 4 is 28.8 Å². The van der Waals surface area contributed by atoms with Crippen molar-refractivity contribution in [3.8, 4) is 5.75 Å². The molecule has 8 nitrogen and oxygen atoms in total. The van der Waals surface area contributed by atoms with Gasteiger partial charge in [-0.15, -0.1) is 0 Å². The number of benzene rings is 1. The highest BCUT2D eigenvalue weighted by Crippen LogP contribution is 2.40. The molecule has 2 N–H and O–H groups in total. The Morgan fingerprint density at radius 3 is 2.77 bits per heavy atom. The van der Waals surface area contributed by atoms with Crippen molar-refractivity contribution in [1.29, 1.82) is 0 Å². The predicted molar refractivity (Wildman–Crippen MR) is 133 cm³/mol. The lowest BCUT2D eigenvalue weighted by Gasteiger charge is -2.33. The van der Waals surface area contributed by atoms with Gasteiger partial charge in [-0.25, -0.2) is 14.4 Å². The van der Waals surface area contributed by atoms with Gasteiger partial charge in [0, 0.05) is 44.1 Å². The SMILES string of the molecule is CO[C@H]1CCCN(C(=O)c2c(F)c(Cl)cc([C@H](C)c3nc(C)c4c(N)nccn34)c2OC(C)C)C1. The zero-order valence-corrected chi connectivity index (χ0v) is 21.4. The molecule has 1 fully saturated rings. The molecule has 1 amide bonds. The van der Waals surface area contributed by atoms with Gasteiger partial charge >= 0.3 is 0 Å². The molecule has 0 unspecified atom stereocenters. The number of amides is 1. The van der Waals surface area contributed by atoms with E-state index in [2.05, 4.69) is 4.98 Å². The average Bonchev–Trinajstić information content (AvgIpc) is 3.18. The van der Waals surface area contributed by atoms with Gasteiger partial charge in [-0.2, -0.15) is 0 Å². The third-order valence-electron chi connectivity index (χ3n) is 6.41. The molecule has 1 aliphatic heterocycles. The van der Waals surface area contributed by atoms with Gasteiger partial charge in [0.15, 0.2) is 5.82 Å². The largest absolute Gasteiger partial charge is 0.490 e. The normalized spacial score (nSPS) is 17.3. The molecule has 10 heteroatoms. The number of aryl methyl sites for hydroxylation is 1. The monoisotopic (exact) mass is 503 g/mol. The maximum absolute atomic E-state index is 15.5. The summed E-state index contributed by atoms with van der Waals surface area (Å²) in [4.78, 5) is 24.1. The van der Waals surface area contributed by atoms with E-state index >= 15 is 4.39 Å². The molecular formula is C25H31ClFN5O3. The molecule has 35 heavy (non-hydrogen) atoms. The second-order valence-corrected chi connectivity index (χ2v) is 9.60. The topological polar surface area (TPSA) is 95.0 Å². The molecule has 0 spiro atoms. The number of ether oxygens (including phenoxy) is 2. The van der Waals surface area contributed by atoms with Gasteiger partial charge in [0.25, 0.3) is 5.91 Å². The Morgan fingerprint density at radius 2 is 2.09 bits per heavy atom. The van der Waals surface area contributed by atoms with Crippen LogP contribution in [-0.2, 0) is 4.74 Å². The average molecular weight is 504 g/mol. The zero-order chi connectivity index (χ0) is 25.4. The Kier molecular flexibility index (Phi) is 7.19. The number of fused-ring (bicyclic) bond motifs is 1. The lowest BCUT2D eigenvalue weighted by atomic mass is 9.95. The first-order valence-corrected chi connectivity index (χ1v) is 12.1. The standard InChI is InChI=1S/C25H31ClFN5O3/c1-13(2)35-22-17(14(3)24-30-15(4)21-23(28)29-8-10-32(21)24)11-18(26)20(27)19(22)25(33)31-9-6-7-16(12-31)34-5/h8,10-11,13-14,16H,6-7,9,12H2,1-5H3,(H2,28,29)/t14-,16-/m0/s1. The highest BCUT2D eigenvalue weighted by molar-refractivity contribution is 6.31. The summed E-state index contributed by atoms with van der Waals surface area (Å²) in [6.45, 7) is 8.32. The molecule has 3 heterocycles. The maximum atomic E-state index is 15.5. The van der Waals surface area contributed by atoms with Crippen LogP contribution in [0.4, 0.5) is 10.2 Å². The lowest BCUT2D eigenvalue weighted by molar-refractivity contribution is 0.0263. The van der Waals surface area contributed by atoms with Gasteiger partial charge < -0.3 is 20.1 Å². The lowest BCUT2D eigenvalue weighted by Crippen LogP contribution is -2.43. The number of nitrogen functional groups attached to an aromatic ring is 1. The van der Waals surface area contributed by atoms with Crippen LogP contribution in [0.3, 0.4) is 0 Å². The Balaban J connectivity index is 1.88. The summed E-state index contributed by atoms with van der Waals surface area (Å²) in [7, 11) is 1.62. The van der Waals surface area contributed by atoms with Crippen molar-refractivity contribution in [2.75, 3.05) is 25.9 Å². The van der Waals surface area contributed by atoms with Crippen LogP contribution >= 0.6 is 11.6 Å². The first-order chi connectivity index (χ1) is 16.6. The molecule has 0 saturated carbocycles. The maximum Gasteiger partial charge on any atom is 0.260 e. The number of likely N-dealkylation sites (tertiary alicyclic amines) is 1. The summed E-state index contributed by atoms with van der Waals surface area (Å²) in [5, 5.41) is -0.148. The van der Waals surface area contributed by atoms with Crippen molar-refractivity contribution in [3.63, 3.8) is 0 Å². The second kappa shape index (κ2) is 9.99. The number of hydrogen-bond acceptors (Lipinski definition) is 6. The molecule has 0 bridgehead atoms. The summed E-state index contributed by atoms with van der Waals surface area (Å²) in [6.07, 6.45) is 4.59. The highest BCUT2D eigenvalue weighted by Gasteiger charge is 2.33. The van der Waals surface area contributed by atoms with Crippen LogP contribution in [0.2, 0.25) is 5.02 Å². The first kappa shape index (κ1) is 25.2. The van der Waals surface area contributed by atoms with Crippen LogP contribution in [0.1, 0.15) is 67.0 Å². The highest BCUT2D eigenvalue weighted by atomic mass is 35.5. The van der Waals surface area contributed by atoms with Gasteiger partial charge in [-0.05, 0) is 39.7 Å². The zero-order valence-electron chi connectivity index (χ0n) is 20.6. The number of rotatable bonds is 6. The number of halogens is 2. The molecule has 0 aliphatic carbocycles. The molecule has 188 valence electrons. The van der Waals surface area contributed by atoms with Gasteiger partial charge in [0.05, 0.1) is 22.9 Å². The minimum atomic E-state index is -0.791. The smallest absolute Gasteiger partial charge is 0.260 e. The minimum absolute atomic E-state index is 0.0962. The molecule has 2 aromatic heterocycles. The van der Waals surface area contributed by atoms with Gasteiger partial charge in [0.1, 0.15) is 28.5 Å². The molecule has 2 atom stereocenters. The van der Waals surface area contributed by atoms with E-state index in [0.29, 0.717) is 41.5 Å². The number of imidazole rings is 1. The minimum Gasteiger partial charge on any atom is -0.490 e. The van der Waals surface area contributed by atoms with Crippen LogP contribution in [0.25, 0.3) is 5.52 Å². The summed E-state index contributed by atoms with van der Waals surface area (Å²) in [6, 6.07) is 1.52. The van der Waals surface area contributed by atoms with E-state index in [9.17, 15) is 4.79 Å². The Labute approximate surface area is 209 Å². The van der Waals surface area contributed by atoms with E-state index in [4.69, 9.17) is 31.8 Å². The Hall–Kier alpha value is -2.91. The van der Waals surface area contributed by atoms with Crippen molar-refractivity contribution in [2.24, 2.45) is 0 Å². The second-order valence-electron chi connectivity index (χ2n) is 9.19. The Bertz CT molecular complexity index is 1260. The van der Waals surface area contributed by atoms with Crippen molar-refractivity contribution < 1.29 is 18.7 Å². The molecule has 0 radical (unpaired) electrons. The van der Waals surface area contributed by atoms with E-state index in [-0.39, 0.29) is 28.5 Å². The number of methoxy groups -OCH3 is 1. The molecular weight excluding hydrogens is 473 g/mol. The van der Waals surface area contributed by atoms with Gasteiger partial charge in [-0.3, -0.25) is 9.20 Å². The number of piperidine rings is 1. The van der Waals surface area contributed by atoms with Crippen LogP contribution in [0.5, 0.6) is 5.75 Å². The summed E-state index contributed by atoms with van der Waals surface area (Å²) < 4.78 is 28.9. The molecule has 4 rings (SSSR count). The fourth-order valence-corrected chi connectivity index (χ4v) is 4.90. The van der Waals surface area contributed by atoms with Crippen LogP contribution in [0, 0.1) is 12.7 Å².